The lowest BCUT2D eigenvalue weighted by Gasteiger charge is -2.17. The van der Waals surface area contributed by atoms with Gasteiger partial charge in [0, 0.05) is 19.2 Å². The van der Waals surface area contributed by atoms with E-state index in [4.69, 9.17) is 4.74 Å². The maximum atomic E-state index is 12.1. The van der Waals surface area contributed by atoms with Crippen LogP contribution in [-0.4, -0.2) is 48.6 Å². The molecule has 0 heterocycles. The van der Waals surface area contributed by atoms with Crippen LogP contribution >= 0.6 is 0 Å². The van der Waals surface area contributed by atoms with Crippen LogP contribution in [0.1, 0.15) is 23.2 Å². The Balaban J connectivity index is 2.00. The maximum Gasteiger partial charge on any atom is 0.257 e. The molecular formula is C14H18N2O4. The highest BCUT2D eigenvalue weighted by atomic mass is 16.5. The number of phenolic OH excluding ortho intramolecular Hbond substituents is 1. The quantitative estimate of drug-likeness (QED) is 0.833. The topological polar surface area (TPSA) is 78.9 Å². The SMILES string of the molecule is COc1ccc(C(=O)N(C)CC(=O)NC2CC2)c(O)c1. The van der Waals surface area contributed by atoms with Gasteiger partial charge in [-0.2, -0.15) is 0 Å². The molecule has 1 fully saturated rings. The second-order valence-electron chi connectivity index (χ2n) is 4.89. The second-order valence-corrected chi connectivity index (χ2v) is 4.89. The van der Waals surface area contributed by atoms with Crippen molar-refractivity contribution in [3.05, 3.63) is 23.8 Å². The standard InChI is InChI=1S/C14H18N2O4/c1-16(8-13(18)15-9-3-4-9)14(19)11-6-5-10(20-2)7-12(11)17/h5-7,9,17H,3-4,8H2,1-2H3,(H,15,18). The van der Waals surface area contributed by atoms with Crippen molar-refractivity contribution in [3.63, 3.8) is 0 Å². The van der Waals surface area contributed by atoms with Crippen LogP contribution in [0.15, 0.2) is 18.2 Å². The lowest BCUT2D eigenvalue weighted by molar-refractivity contribution is -0.121. The zero-order chi connectivity index (χ0) is 14.7. The molecule has 0 atom stereocenters. The molecule has 1 aliphatic rings. The molecule has 0 radical (unpaired) electrons. The number of carbonyl (C=O) groups is 2. The number of likely N-dealkylation sites (N-methyl/N-ethyl adjacent to an activating group) is 1. The Bertz CT molecular complexity index is 526. The van der Waals surface area contributed by atoms with Crippen LogP contribution in [0.3, 0.4) is 0 Å². The molecule has 0 aromatic heterocycles. The van der Waals surface area contributed by atoms with Gasteiger partial charge in [0.2, 0.25) is 5.91 Å². The molecule has 1 aromatic rings. The summed E-state index contributed by atoms with van der Waals surface area (Å²) in [6.45, 7) is -0.0270. The number of aromatic hydroxyl groups is 1. The summed E-state index contributed by atoms with van der Waals surface area (Å²) in [7, 11) is 3.00. The van der Waals surface area contributed by atoms with Crippen LogP contribution in [0.25, 0.3) is 0 Å². The molecule has 6 heteroatoms. The Morgan fingerprint density at radius 2 is 2.15 bits per heavy atom. The predicted molar refractivity (Wildman–Crippen MR) is 72.8 cm³/mol. The molecule has 0 aliphatic heterocycles. The maximum absolute atomic E-state index is 12.1. The first kappa shape index (κ1) is 14.2. The average Bonchev–Trinajstić information content (AvgIpc) is 3.21. The van der Waals surface area contributed by atoms with Gasteiger partial charge in [-0.25, -0.2) is 0 Å². The van der Waals surface area contributed by atoms with Crippen molar-refractivity contribution in [1.82, 2.24) is 10.2 Å². The zero-order valence-corrected chi connectivity index (χ0v) is 11.5. The number of nitrogens with one attached hydrogen (secondary N) is 1. The molecule has 0 spiro atoms. The van der Waals surface area contributed by atoms with Crippen molar-refractivity contribution in [2.75, 3.05) is 20.7 Å². The fourth-order valence-electron chi connectivity index (χ4n) is 1.81. The second kappa shape index (κ2) is 5.81. The zero-order valence-electron chi connectivity index (χ0n) is 11.5. The Hall–Kier alpha value is -2.24. The molecule has 0 saturated heterocycles. The Morgan fingerprint density at radius 1 is 1.45 bits per heavy atom. The molecule has 6 nitrogen and oxygen atoms in total. The first-order chi connectivity index (χ1) is 9.51. The molecule has 2 N–H and O–H groups in total. The van der Waals surface area contributed by atoms with Gasteiger partial charge in [0.25, 0.3) is 5.91 Å². The van der Waals surface area contributed by atoms with Crippen LogP contribution < -0.4 is 10.1 Å². The third kappa shape index (κ3) is 3.40. The lowest BCUT2D eigenvalue weighted by atomic mass is 10.1. The number of amides is 2. The van der Waals surface area contributed by atoms with Crippen LogP contribution in [0, 0.1) is 0 Å². The molecule has 0 bridgehead atoms. The van der Waals surface area contributed by atoms with Gasteiger partial charge in [-0.05, 0) is 25.0 Å². The normalized spacial score (nSPS) is 13.7. The first-order valence-corrected chi connectivity index (χ1v) is 6.43. The molecule has 1 aliphatic carbocycles. The number of ether oxygens (including phenoxy) is 1. The molecule has 108 valence electrons. The third-order valence-corrected chi connectivity index (χ3v) is 3.11. The molecule has 2 amide bonds. The van der Waals surface area contributed by atoms with Gasteiger partial charge >= 0.3 is 0 Å². The minimum Gasteiger partial charge on any atom is -0.507 e. The Labute approximate surface area is 117 Å². The fourth-order valence-corrected chi connectivity index (χ4v) is 1.81. The van der Waals surface area contributed by atoms with Crippen molar-refractivity contribution in [2.45, 2.75) is 18.9 Å². The van der Waals surface area contributed by atoms with Gasteiger partial charge in [-0.1, -0.05) is 0 Å². The largest absolute Gasteiger partial charge is 0.507 e. The number of hydrogen-bond acceptors (Lipinski definition) is 4. The first-order valence-electron chi connectivity index (χ1n) is 6.43. The van der Waals surface area contributed by atoms with Crippen molar-refractivity contribution < 1.29 is 19.4 Å². The molecule has 2 rings (SSSR count). The number of hydrogen-bond donors (Lipinski definition) is 2. The van der Waals surface area contributed by atoms with Crippen molar-refractivity contribution in [3.8, 4) is 11.5 Å². The summed E-state index contributed by atoms with van der Waals surface area (Å²) in [5, 5.41) is 12.6. The number of carbonyl (C=O) groups excluding carboxylic acids is 2. The number of benzene rings is 1. The predicted octanol–water partition coefficient (Wildman–Crippen LogP) is 0.751. The van der Waals surface area contributed by atoms with Gasteiger partial charge in [0.1, 0.15) is 11.5 Å². The Morgan fingerprint density at radius 3 is 2.70 bits per heavy atom. The smallest absolute Gasteiger partial charge is 0.257 e. The van der Waals surface area contributed by atoms with E-state index in [1.54, 1.807) is 6.07 Å². The van der Waals surface area contributed by atoms with Crippen LogP contribution in [0.2, 0.25) is 0 Å². The van der Waals surface area contributed by atoms with E-state index < -0.39 is 5.91 Å². The van der Waals surface area contributed by atoms with E-state index in [0.29, 0.717) is 5.75 Å². The highest BCUT2D eigenvalue weighted by Gasteiger charge is 2.25. The summed E-state index contributed by atoms with van der Waals surface area (Å²) in [4.78, 5) is 25.1. The van der Waals surface area contributed by atoms with Crippen LogP contribution in [-0.2, 0) is 4.79 Å². The highest BCUT2D eigenvalue weighted by Crippen LogP contribution is 2.24. The lowest BCUT2D eigenvalue weighted by Crippen LogP contribution is -2.39. The average molecular weight is 278 g/mol. The number of phenols is 1. The van der Waals surface area contributed by atoms with Gasteiger partial charge in [-0.3, -0.25) is 9.59 Å². The van der Waals surface area contributed by atoms with Crippen molar-refractivity contribution in [1.29, 1.82) is 0 Å². The molecule has 1 aromatic carbocycles. The van der Waals surface area contributed by atoms with Crippen LogP contribution in [0.5, 0.6) is 11.5 Å². The van der Waals surface area contributed by atoms with Crippen molar-refractivity contribution >= 4 is 11.8 Å². The summed E-state index contributed by atoms with van der Waals surface area (Å²) in [5.41, 5.74) is 0.146. The number of nitrogens with zero attached hydrogens (tertiary/aromatic N) is 1. The van der Waals surface area contributed by atoms with E-state index >= 15 is 0 Å². The van der Waals surface area contributed by atoms with E-state index in [1.807, 2.05) is 0 Å². The number of rotatable bonds is 5. The molecular weight excluding hydrogens is 260 g/mol. The minimum absolute atomic E-state index is 0.0270. The summed E-state index contributed by atoms with van der Waals surface area (Å²) < 4.78 is 4.96. The van der Waals surface area contributed by atoms with Gasteiger partial charge in [-0.15, -0.1) is 0 Å². The number of methoxy groups -OCH3 is 1. The fraction of sp³-hybridized carbons (Fsp3) is 0.429. The molecule has 1 saturated carbocycles. The van der Waals surface area contributed by atoms with E-state index in [-0.39, 0.29) is 29.8 Å². The molecule has 20 heavy (non-hydrogen) atoms. The summed E-state index contributed by atoms with van der Waals surface area (Å²) in [5.74, 6) is -0.288. The summed E-state index contributed by atoms with van der Waals surface area (Å²) in [6, 6.07) is 4.70. The molecule has 0 unspecified atom stereocenters. The minimum atomic E-state index is -0.406. The van der Waals surface area contributed by atoms with Gasteiger partial charge in [0.05, 0.1) is 19.2 Å². The van der Waals surface area contributed by atoms with Crippen LogP contribution in [0.4, 0.5) is 0 Å². The van der Waals surface area contributed by atoms with Gasteiger partial charge in [0.15, 0.2) is 0 Å². The monoisotopic (exact) mass is 278 g/mol. The van der Waals surface area contributed by atoms with Crippen molar-refractivity contribution in [2.24, 2.45) is 0 Å². The summed E-state index contributed by atoms with van der Waals surface area (Å²) in [6.07, 6.45) is 2.01. The third-order valence-electron chi connectivity index (χ3n) is 3.11. The van der Waals surface area contributed by atoms with Gasteiger partial charge < -0.3 is 20.1 Å². The van der Waals surface area contributed by atoms with E-state index in [2.05, 4.69) is 5.32 Å². The van der Waals surface area contributed by atoms with E-state index in [0.717, 1.165) is 12.8 Å². The Kier molecular flexibility index (Phi) is 4.12. The van der Waals surface area contributed by atoms with E-state index in [1.165, 1.54) is 31.2 Å². The highest BCUT2D eigenvalue weighted by molar-refractivity contribution is 5.98. The summed E-state index contributed by atoms with van der Waals surface area (Å²) >= 11 is 0. The van der Waals surface area contributed by atoms with E-state index in [9.17, 15) is 14.7 Å².